The van der Waals surface area contributed by atoms with Crippen LogP contribution in [0.1, 0.15) is 50.2 Å². The molecule has 0 radical (unpaired) electrons. The third kappa shape index (κ3) is 3.18. The first-order valence-electron chi connectivity index (χ1n) is 7.71. The fourth-order valence-corrected chi connectivity index (χ4v) is 3.67. The van der Waals surface area contributed by atoms with Crippen molar-refractivity contribution >= 4 is 0 Å². The van der Waals surface area contributed by atoms with Crippen LogP contribution in [0.15, 0.2) is 10.6 Å². The molecule has 3 rings (SSSR count). The molecular formula is C15H25N3O. The number of nitrogens with zero attached hydrogens (tertiary/aromatic N) is 1. The van der Waals surface area contributed by atoms with Crippen LogP contribution in [0.2, 0.25) is 0 Å². The van der Waals surface area contributed by atoms with Gasteiger partial charge in [-0.3, -0.25) is 0 Å². The average Bonchev–Trinajstić information content (AvgIpc) is 3.08. The summed E-state index contributed by atoms with van der Waals surface area (Å²) < 4.78 is 5.55. The average molecular weight is 263 g/mol. The summed E-state index contributed by atoms with van der Waals surface area (Å²) in [6, 6.07) is 1.35. The van der Waals surface area contributed by atoms with Crippen LogP contribution in [0.3, 0.4) is 0 Å². The van der Waals surface area contributed by atoms with Crippen molar-refractivity contribution in [2.45, 2.75) is 64.1 Å². The van der Waals surface area contributed by atoms with E-state index in [9.17, 15) is 0 Å². The molecule has 1 aliphatic heterocycles. The van der Waals surface area contributed by atoms with Crippen molar-refractivity contribution in [1.82, 2.24) is 15.6 Å². The van der Waals surface area contributed by atoms with Crippen LogP contribution in [-0.4, -0.2) is 23.6 Å². The van der Waals surface area contributed by atoms with Gasteiger partial charge in [-0.05, 0) is 45.1 Å². The highest BCUT2D eigenvalue weighted by molar-refractivity contribution is 4.94. The first-order chi connectivity index (χ1) is 9.33. The van der Waals surface area contributed by atoms with Crippen molar-refractivity contribution < 1.29 is 4.42 Å². The Morgan fingerprint density at radius 3 is 2.95 bits per heavy atom. The fraction of sp³-hybridized carbons (Fsp3) is 0.800. The molecule has 0 amide bonds. The van der Waals surface area contributed by atoms with E-state index in [4.69, 9.17) is 4.42 Å². The summed E-state index contributed by atoms with van der Waals surface area (Å²) in [7, 11) is 0. The van der Waals surface area contributed by atoms with Gasteiger partial charge < -0.3 is 15.1 Å². The van der Waals surface area contributed by atoms with Crippen LogP contribution in [0.25, 0.3) is 0 Å². The number of hydrogen-bond acceptors (Lipinski definition) is 4. The molecule has 1 aromatic heterocycles. The lowest BCUT2D eigenvalue weighted by Crippen LogP contribution is -2.46. The van der Waals surface area contributed by atoms with Crippen LogP contribution in [0, 0.1) is 12.8 Å². The number of nitrogens with one attached hydrogen (secondary N) is 2. The zero-order valence-corrected chi connectivity index (χ0v) is 11.8. The molecule has 0 spiro atoms. The molecule has 2 fully saturated rings. The molecule has 4 nitrogen and oxygen atoms in total. The molecule has 0 bridgehead atoms. The molecule has 1 aromatic rings. The molecule has 2 heterocycles. The van der Waals surface area contributed by atoms with E-state index in [-0.39, 0.29) is 0 Å². The third-order valence-corrected chi connectivity index (χ3v) is 4.62. The maximum absolute atomic E-state index is 5.55. The van der Waals surface area contributed by atoms with Gasteiger partial charge in [0, 0.05) is 12.1 Å². The number of rotatable bonds is 4. The number of aryl methyl sites for hydroxylation is 1. The normalized spacial score (nSPS) is 31.7. The summed E-state index contributed by atoms with van der Waals surface area (Å²) in [4.78, 5) is 4.28. The van der Waals surface area contributed by atoms with Crippen molar-refractivity contribution in [3.05, 3.63) is 17.8 Å². The van der Waals surface area contributed by atoms with Gasteiger partial charge in [-0.1, -0.05) is 12.8 Å². The Morgan fingerprint density at radius 1 is 1.32 bits per heavy atom. The minimum atomic E-state index is 0.622. The van der Waals surface area contributed by atoms with Crippen molar-refractivity contribution in [3.63, 3.8) is 0 Å². The van der Waals surface area contributed by atoms with E-state index in [1.165, 1.54) is 45.1 Å². The van der Waals surface area contributed by atoms with Gasteiger partial charge >= 0.3 is 0 Å². The van der Waals surface area contributed by atoms with Gasteiger partial charge in [0.2, 0.25) is 5.89 Å². The topological polar surface area (TPSA) is 50.1 Å². The Bertz CT molecular complexity index is 398. The molecule has 1 saturated heterocycles. The molecule has 3 unspecified atom stereocenters. The highest BCUT2D eigenvalue weighted by atomic mass is 16.4. The van der Waals surface area contributed by atoms with Gasteiger partial charge in [0.25, 0.3) is 0 Å². The standard InChI is InChI=1S/C15H25N3O/c1-11-9-18-15(19-11)10-17-14-6-3-2-5-12(14)13-7-4-8-16-13/h9,12-14,16-17H,2-8,10H2,1H3. The van der Waals surface area contributed by atoms with Gasteiger partial charge in [0.1, 0.15) is 5.76 Å². The molecule has 106 valence electrons. The van der Waals surface area contributed by atoms with Gasteiger partial charge in [-0.15, -0.1) is 0 Å². The van der Waals surface area contributed by atoms with E-state index in [2.05, 4.69) is 15.6 Å². The van der Waals surface area contributed by atoms with Gasteiger partial charge in [0.15, 0.2) is 0 Å². The lowest BCUT2D eigenvalue weighted by atomic mass is 9.79. The SMILES string of the molecule is Cc1cnc(CNC2CCCCC2C2CCCN2)o1. The summed E-state index contributed by atoms with van der Waals surface area (Å²) in [5, 5.41) is 7.36. The predicted octanol–water partition coefficient (Wildman–Crippen LogP) is 2.38. The summed E-state index contributed by atoms with van der Waals surface area (Å²) in [6.07, 6.45) is 9.88. The van der Waals surface area contributed by atoms with Crippen molar-refractivity contribution in [3.8, 4) is 0 Å². The van der Waals surface area contributed by atoms with E-state index in [1.54, 1.807) is 6.20 Å². The number of aromatic nitrogens is 1. The summed E-state index contributed by atoms with van der Waals surface area (Å²) >= 11 is 0. The highest BCUT2D eigenvalue weighted by Crippen LogP contribution is 2.30. The first kappa shape index (κ1) is 13.1. The lowest BCUT2D eigenvalue weighted by molar-refractivity contribution is 0.209. The van der Waals surface area contributed by atoms with Gasteiger partial charge in [-0.2, -0.15) is 0 Å². The zero-order valence-electron chi connectivity index (χ0n) is 11.8. The lowest BCUT2D eigenvalue weighted by Gasteiger charge is -2.36. The molecule has 0 aromatic carbocycles. The summed E-state index contributed by atoms with van der Waals surface area (Å²) in [5.74, 6) is 2.50. The fourth-order valence-electron chi connectivity index (χ4n) is 3.67. The molecule has 1 saturated carbocycles. The van der Waals surface area contributed by atoms with Crippen LogP contribution in [-0.2, 0) is 6.54 Å². The minimum Gasteiger partial charge on any atom is -0.445 e. The highest BCUT2D eigenvalue weighted by Gasteiger charge is 2.32. The molecule has 19 heavy (non-hydrogen) atoms. The van der Waals surface area contributed by atoms with Crippen LogP contribution in [0.4, 0.5) is 0 Å². The molecule has 2 N–H and O–H groups in total. The van der Waals surface area contributed by atoms with Crippen LogP contribution in [0.5, 0.6) is 0 Å². The molecule has 4 heteroatoms. The van der Waals surface area contributed by atoms with E-state index in [0.29, 0.717) is 6.04 Å². The molecule has 3 atom stereocenters. The molecule has 2 aliphatic rings. The van der Waals surface area contributed by atoms with Crippen molar-refractivity contribution in [2.75, 3.05) is 6.54 Å². The predicted molar refractivity (Wildman–Crippen MR) is 74.9 cm³/mol. The Labute approximate surface area is 115 Å². The maximum atomic E-state index is 5.55. The van der Waals surface area contributed by atoms with Gasteiger partial charge in [-0.25, -0.2) is 4.98 Å². The van der Waals surface area contributed by atoms with Crippen molar-refractivity contribution in [1.29, 1.82) is 0 Å². The third-order valence-electron chi connectivity index (χ3n) is 4.62. The van der Waals surface area contributed by atoms with E-state index in [1.807, 2.05) is 6.92 Å². The number of hydrogen-bond donors (Lipinski definition) is 2. The quantitative estimate of drug-likeness (QED) is 0.875. The molecular weight excluding hydrogens is 238 g/mol. The Kier molecular flexibility index (Phi) is 4.18. The van der Waals surface area contributed by atoms with Gasteiger partial charge in [0.05, 0.1) is 12.7 Å². The van der Waals surface area contributed by atoms with E-state index in [0.717, 1.165) is 30.2 Å². The Hall–Kier alpha value is -0.870. The van der Waals surface area contributed by atoms with Crippen LogP contribution < -0.4 is 10.6 Å². The molecule has 1 aliphatic carbocycles. The largest absolute Gasteiger partial charge is 0.445 e. The zero-order chi connectivity index (χ0) is 13.1. The smallest absolute Gasteiger partial charge is 0.208 e. The van der Waals surface area contributed by atoms with E-state index < -0.39 is 0 Å². The second kappa shape index (κ2) is 6.06. The van der Waals surface area contributed by atoms with Crippen LogP contribution >= 0.6 is 0 Å². The first-order valence-corrected chi connectivity index (χ1v) is 7.71. The van der Waals surface area contributed by atoms with E-state index >= 15 is 0 Å². The minimum absolute atomic E-state index is 0.622. The summed E-state index contributed by atoms with van der Waals surface area (Å²) in [5.41, 5.74) is 0. The summed E-state index contributed by atoms with van der Waals surface area (Å²) in [6.45, 7) is 3.91. The monoisotopic (exact) mass is 263 g/mol. The second-order valence-corrected chi connectivity index (χ2v) is 6.00. The second-order valence-electron chi connectivity index (χ2n) is 6.00. The Morgan fingerprint density at radius 2 is 2.21 bits per heavy atom. The Balaban J connectivity index is 1.57. The maximum Gasteiger partial charge on any atom is 0.208 e. The number of oxazole rings is 1. The van der Waals surface area contributed by atoms with Crippen molar-refractivity contribution in [2.24, 2.45) is 5.92 Å².